The quantitative estimate of drug-likeness (QED) is 0.338. The zero-order chi connectivity index (χ0) is 14.2. The molecule has 0 saturated carbocycles. The van der Waals surface area contributed by atoms with Crippen LogP contribution in [0.4, 0.5) is 0 Å². The van der Waals surface area contributed by atoms with E-state index in [2.05, 4.69) is 54.0 Å². The third-order valence-electron chi connectivity index (χ3n) is 2.97. The van der Waals surface area contributed by atoms with Crippen molar-refractivity contribution in [3.8, 4) is 0 Å². The summed E-state index contributed by atoms with van der Waals surface area (Å²) in [5.74, 6) is 0. The molecule has 0 saturated heterocycles. The van der Waals surface area contributed by atoms with Crippen molar-refractivity contribution >= 4 is 34.1 Å². The number of benzene rings is 1. The number of nitrogens with one attached hydrogen (secondary N) is 1. The smallest absolute Gasteiger partial charge is 0.0570 e. The largest absolute Gasteiger partial charge is 0.385 e. The first-order valence-corrected chi connectivity index (χ1v) is 8.19. The van der Waals surface area contributed by atoms with Gasteiger partial charge in [-0.05, 0) is 29.5 Å². The zero-order valence-corrected chi connectivity index (χ0v) is 13.3. The Morgan fingerprint density at radius 1 is 1.20 bits per heavy atom. The summed E-state index contributed by atoms with van der Waals surface area (Å²) in [6.07, 6.45) is 4.42. The van der Waals surface area contributed by atoms with E-state index in [4.69, 9.17) is 12.2 Å². The molecule has 0 unspecified atom stereocenters. The second-order valence-electron chi connectivity index (χ2n) is 4.55. The lowest BCUT2D eigenvalue weighted by molar-refractivity contribution is 0.745. The first kappa shape index (κ1) is 14.9. The maximum atomic E-state index is 5.52. The van der Waals surface area contributed by atoms with E-state index in [1.807, 2.05) is 12.1 Å². The van der Waals surface area contributed by atoms with E-state index in [0.29, 0.717) is 0 Å². The number of unbranched alkanes of at least 4 members (excludes halogenated alkanes) is 1. The molecule has 0 amide bonds. The highest BCUT2D eigenvalue weighted by Crippen LogP contribution is 2.16. The molecule has 3 heteroatoms. The molecule has 1 aromatic heterocycles. The normalized spacial score (nSPS) is 11.3. The van der Waals surface area contributed by atoms with Crippen molar-refractivity contribution in [2.24, 2.45) is 0 Å². The van der Waals surface area contributed by atoms with Gasteiger partial charge in [0, 0.05) is 17.1 Å². The number of thiophene rings is 1. The van der Waals surface area contributed by atoms with Crippen molar-refractivity contribution in [3.63, 3.8) is 0 Å². The summed E-state index contributed by atoms with van der Waals surface area (Å²) in [6, 6.07) is 14.5. The van der Waals surface area contributed by atoms with E-state index in [-0.39, 0.29) is 0 Å². The molecule has 0 spiro atoms. The van der Waals surface area contributed by atoms with Crippen LogP contribution in [-0.2, 0) is 0 Å². The Bertz CT molecular complexity index is 556. The van der Waals surface area contributed by atoms with Gasteiger partial charge in [0.25, 0.3) is 0 Å². The van der Waals surface area contributed by atoms with Gasteiger partial charge in [0.05, 0.1) is 4.86 Å². The fourth-order valence-electron chi connectivity index (χ4n) is 1.87. The Morgan fingerprint density at radius 3 is 2.65 bits per heavy atom. The van der Waals surface area contributed by atoms with Crippen LogP contribution in [0, 0.1) is 0 Å². The second-order valence-corrected chi connectivity index (χ2v) is 5.93. The first-order valence-electron chi connectivity index (χ1n) is 6.90. The highest BCUT2D eigenvalue weighted by atomic mass is 32.1. The molecule has 20 heavy (non-hydrogen) atoms. The third-order valence-corrected chi connectivity index (χ3v) is 4.34. The van der Waals surface area contributed by atoms with Gasteiger partial charge in [0.1, 0.15) is 0 Å². The van der Waals surface area contributed by atoms with Gasteiger partial charge < -0.3 is 5.32 Å². The zero-order valence-electron chi connectivity index (χ0n) is 11.6. The predicted molar refractivity (Wildman–Crippen MR) is 93.3 cm³/mol. The number of rotatable bonds is 7. The van der Waals surface area contributed by atoms with Crippen LogP contribution in [0.25, 0.3) is 5.70 Å². The van der Waals surface area contributed by atoms with Gasteiger partial charge in [0.15, 0.2) is 0 Å². The van der Waals surface area contributed by atoms with Gasteiger partial charge >= 0.3 is 0 Å². The van der Waals surface area contributed by atoms with Crippen LogP contribution in [-0.4, -0.2) is 11.4 Å². The summed E-state index contributed by atoms with van der Waals surface area (Å²) in [5, 5.41) is 5.57. The Labute approximate surface area is 130 Å². The Morgan fingerprint density at radius 2 is 2.00 bits per heavy atom. The Kier molecular flexibility index (Phi) is 5.96. The minimum atomic E-state index is 0.892. The Balaban J connectivity index is 2.19. The molecule has 0 fully saturated rings. The molecule has 0 aliphatic carbocycles. The molecule has 1 aromatic carbocycles. The molecule has 1 N–H and O–H groups in total. The van der Waals surface area contributed by atoms with Gasteiger partial charge in [-0.15, -0.1) is 11.3 Å². The van der Waals surface area contributed by atoms with Crippen molar-refractivity contribution in [1.82, 2.24) is 5.32 Å². The molecule has 0 radical (unpaired) electrons. The minimum Gasteiger partial charge on any atom is -0.385 e. The predicted octanol–water partition coefficient (Wildman–Crippen LogP) is 4.90. The number of hydrogen-bond donors (Lipinski definition) is 1. The molecule has 2 rings (SSSR count). The van der Waals surface area contributed by atoms with E-state index < -0.39 is 0 Å². The lowest BCUT2D eigenvalue weighted by atomic mass is 10.1. The Hall–Kier alpha value is -1.45. The summed E-state index contributed by atoms with van der Waals surface area (Å²) in [4.78, 5) is 2.04. The topological polar surface area (TPSA) is 12.0 Å². The molecule has 104 valence electrons. The molecule has 1 heterocycles. The van der Waals surface area contributed by atoms with Gasteiger partial charge in [0.2, 0.25) is 0 Å². The van der Waals surface area contributed by atoms with Gasteiger partial charge in [-0.2, -0.15) is 0 Å². The van der Waals surface area contributed by atoms with Crippen molar-refractivity contribution in [3.05, 3.63) is 64.4 Å². The molecule has 0 bridgehead atoms. The van der Waals surface area contributed by atoms with Crippen LogP contribution in [0.2, 0.25) is 0 Å². The molecular weight excluding hydrogens is 282 g/mol. The van der Waals surface area contributed by atoms with Crippen molar-refractivity contribution < 1.29 is 0 Å². The van der Waals surface area contributed by atoms with Crippen molar-refractivity contribution in [2.45, 2.75) is 19.8 Å². The molecular formula is C17H19NS2. The van der Waals surface area contributed by atoms with Crippen LogP contribution < -0.4 is 5.32 Å². The van der Waals surface area contributed by atoms with Gasteiger partial charge in [-0.25, -0.2) is 0 Å². The van der Waals surface area contributed by atoms with E-state index in [1.165, 1.54) is 12.0 Å². The lowest BCUT2D eigenvalue weighted by Gasteiger charge is -2.11. The second kappa shape index (κ2) is 7.98. The highest BCUT2D eigenvalue weighted by Gasteiger charge is 2.04. The molecule has 0 aliphatic heterocycles. The molecule has 1 nitrogen and oxygen atoms in total. The van der Waals surface area contributed by atoms with Crippen molar-refractivity contribution in [2.75, 3.05) is 6.54 Å². The van der Waals surface area contributed by atoms with Crippen LogP contribution >= 0.6 is 23.6 Å². The SMILES string of the molecule is CCCCN/C(=C\C(=S)c1cccs1)c1ccccc1. The number of thiocarbonyl (C=S) groups is 1. The minimum absolute atomic E-state index is 0.892. The summed E-state index contributed by atoms with van der Waals surface area (Å²) in [6.45, 7) is 3.17. The fraction of sp³-hybridized carbons (Fsp3) is 0.235. The average molecular weight is 301 g/mol. The van der Waals surface area contributed by atoms with E-state index in [0.717, 1.165) is 28.4 Å². The van der Waals surface area contributed by atoms with E-state index >= 15 is 0 Å². The fourth-order valence-corrected chi connectivity index (χ4v) is 2.84. The highest BCUT2D eigenvalue weighted by molar-refractivity contribution is 7.81. The molecule has 2 aromatic rings. The lowest BCUT2D eigenvalue weighted by Crippen LogP contribution is -2.14. The third kappa shape index (κ3) is 4.29. The summed E-state index contributed by atoms with van der Waals surface area (Å²) >= 11 is 7.21. The molecule has 0 atom stereocenters. The molecule has 0 aliphatic rings. The number of hydrogen-bond acceptors (Lipinski definition) is 3. The van der Waals surface area contributed by atoms with E-state index in [1.54, 1.807) is 11.3 Å². The van der Waals surface area contributed by atoms with Gasteiger partial charge in [-0.1, -0.05) is 62.0 Å². The standard InChI is InChI=1S/C17H19NS2/c1-2-3-11-18-15(14-8-5-4-6-9-14)13-16(19)17-10-7-12-20-17/h4-10,12-13,18H,2-3,11H2,1H3/b15-13-. The monoisotopic (exact) mass is 301 g/mol. The average Bonchev–Trinajstić information content (AvgIpc) is 3.01. The van der Waals surface area contributed by atoms with Crippen LogP contribution in [0.3, 0.4) is 0 Å². The van der Waals surface area contributed by atoms with Gasteiger partial charge in [-0.3, -0.25) is 0 Å². The van der Waals surface area contributed by atoms with Crippen molar-refractivity contribution in [1.29, 1.82) is 0 Å². The summed E-state index contributed by atoms with van der Waals surface area (Å²) in [7, 11) is 0. The summed E-state index contributed by atoms with van der Waals surface area (Å²) < 4.78 is 0. The maximum absolute atomic E-state index is 5.52. The summed E-state index contributed by atoms with van der Waals surface area (Å²) in [5.41, 5.74) is 2.29. The van der Waals surface area contributed by atoms with Crippen LogP contribution in [0.15, 0.2) is 53.9 Å². The maximum Gasteiger partial charge on any atom is 0.0570 e. The first-order chi connectivity index (χ1) is 9.81. The number of allylic oxidation sites excluding steroid dienone is 1. The van der Waals surface area contributed by atoms with Crippen LogP contribution in [0.5, 0.6) is 0 Å². The van der Waals surface area contributed by atoms with Crippen LogP contribution in [0.1, 0.15) is 30.2 Å². The van der Waals surface area contributed by atoms with E-state index in [9.17, 15) is 0 Å².